The van der Waals surface area contributed by atoms with Gasteiger partial charge in [-0.25, -0.2) is 0 Å². The van der Waals surface area contributed by atoms with Gasteiger partial charge in [0.2, 0.25) is 0 Å². The molecule has 0 bridgehead atoms. The molecule has 106 valence electrons. The summed E-state index contributed by atoms with van der Waals surface area (Å²) in [5.41, 5.74) is 2.82. The summed E-state index contributed by atoms with van der Waals surface area (Å²) in [6.07, 6.45) is 5.44. The van der Waals surface area contributed by atoms with Gasteiger partial charge in [-0.05, 0) is 63.1 Å². The van der Waals surface area contributed by atoms with Crippen LogP contribution in [-0.2, 0) is 6.42 Å². The third kappa shape index (κ3) is 4.63. The standard InChI is InChI=1S/C17H27NO/c1-13-6-3-4-8-16(13)10-14(2)18-12-15-7-5-9-17(19)11-15/h3-4,6,8,14-15,17-19H,5,7,9-12H2,1-2H3. The molecule has 1 aliphatic rings. The number of hydrogen-bond donors (Lipinski definition) is 2. The first-order valence-electron chi connectivity index (χ1n) is 7.61. The van der Waals surface area contributed by atoms with Crippen molar-refractivity contribution in [2.75, 3.05) is 6.54 Å². The van der Waals surface area contributed by atoms with Gasteiger partial charge in [0.15, 0.2) is 0 Å². The fourth-order valence-electron chi connectivity index (χ4n) is 3.06. The molecule has 19 heavy (non-hydrogen) atoms. The van der Waals surface area contributed by atoms with Crippen molar-refractivity contribution in [2.45, 2.75) is 58.1 Å². The number of hydrogen-bond acceptors (Lipinski definition) is 2. The Morgan fingerprint density at radius 3 is 2.84 bits per heavy atom. The van der Waals surface area contributed by atoms with Crippen molar-refractivity contribution in [3.63, 3.8) is 0 Å². The zero-order chi connectivity index (χ0) is 13.7. The highest BCUT2D eigenvalue weighted by molar-refractivity contribution is 5.26. The maximum absolute atomic E-state index is 9.69. The molecule has 1 aromatic carbocycles. The fraction of sp³-hybridized carbons (Fsp3) is 0.647. The lowest BCUT2D eigenvalue weighted by Gasteiger charge is -2.27. The largest absolute Gasteiger partial charge is 0.393 e. The second kappa shape index (κ2) is 7.06. The predicted molar refractivity (Wildman–Crippen MR) is 80.3 cm³/mol. The van der Waals surface area contributed by atoms with Gasteiger partial charge in [0.1, 0.15) is 0 Å². The molecule has 2 rings (SSSR count). The minimum absolute atomic E-state index is 0.0628. The molecule has 0 saturated heterocycles. The zero-order valence-electron chi connectivity index (χ0n) is 12.2. The molecule has 0 radical (unpaired) electrons. The van der Waals surface area contributed by atoms with E-state index in [0.717, 1.165) is 25.8 Å². The molecule has 0 aliphatic heterocycles. The van der Waals surface area contributed by atoms with Crippen LogP contribution in [0.1, 0.15) is 43.7 Å². The quantitative estimate of drug-likeness (QED) is 0.854. The van der Waals surface area contributed by atoms with Crippen molar-refractivity contribution in [1.82, 2.24) is 5.32 Å². The highest BCUT2D eigenvalue weighted by Gasteiger charge is 2.20. The molecule has 1 saturated carbocycles. The first kappa shape index (κ1) is 14.5. The van der Waals surface area contributed by atoms with E-state index in [1.165, 1.54) is 24.0 Å². The average molecular weight is 261 g/mol. The van der Waals surface area contributed by atoms with Crippen LogP contribution in [0.2, 0.25) is 0 Å². The summed E-state index contributed by atoms with van der Waals surface area (Å²) in [5.74, 6) is 0.656. The van der Waals surface area contributed by atoms with Crippen LogP contribution in [0.4, 0.5) is 0 Å². The second-order valence-electron chi connectivity index (χ2n) is 6.13. The second-order valence-corrected chi connectivity index (χ2v) is 6.13. The van der Waals surface area contributed by atoms with Crippen LogP contribution in [0.5, 0.6) is 0 Å². The molecule has 1 aromatic rings. The van der Waals surface area contributed by atoms with Gasteiger partial charge >= 0.3 is 0 Å². The summed E-state index contributed by atoms with van der Waals surface area (Å²) in [6, 6.07) is 9.12. The van der Waals surface area contributed by atoms with Crippen LogP contribution >= 0.6 is 0 Å². The summed E-state index contributed by atoms with van der Waals surface area (Å²) in [5, 5.41) is 13.3. The Balaban J connectivity index is 1.75. The zero-order valence-corrected chi connectivity index (χ0v) is 12.2. The van der Waals surface area contributed by atoms with Crippen molar-refractivity contribution in [3.05, 3.63) is 35.4 Å². The van der Waals surface area contributed by atoms with E-state index in [0.29, 0.717) is 12.0 Å². The first-order chi connectivity index (χ1) is 9.15. The maximum atomic E-state index is 9.69. The SMILES string of the molecule is Cc1ccccc1CC(C)NCC1CCCC(O)C1. The van der Waals surface area contributed by atoms with E-state index in [-0.39, 0.29) is 6.10 Å². The number of nitrogens with one attached hydrogen (secondary N) is 1. The van der Waals surface area contributed by atoms with Crippen LogP contribution in [0.3, 0.4) is 0 Å². The van der Waals surface area contributed by atoms with Crippen LogP contribution in [0.15, 0.2) is 24.3 Å². The molecular formula is C17H27NO. The van der Waals surface area contributed by atoms with E-state index >= 15 is 0 Å². The molecule has 3 atom stereocenters. The van der Waals surface area contributed by atoms with Crippen molar-refractivity contribution < 1.29 is 5.11 Å². The average Bonchev–Trinajstić information content (AvgIpc) is 2.39. The minimum Gasteiger partial charge on any atom is -0.393 e. The molecule has 0 spiro atoms. The Morgan fingerprint density at radius 1 is 1.32 bits per heavy atom. The Morgan fingerprint density at radius 2 is 2.11 bits per heavy atom. The molecule has 2 N–H and O–H groups in total. The molecule has 0 heterocycles. The van der Waals surface area contributed by atoms with Crippen LogP contribution in [-0.4, -0.2) is 23.8 Å². The molecule has 3 unspecified atom stereocenters. The minimum atomic E-state index is -0.0628. The summed E-state index contributed by atoms with van der Waals surface area (Å²) >= 11 is 0. The first-order valence-corrected chi connectivity index (χ1v) is 7.61. The van der Waals surface area contributed by atoms with E-state index < -0.39 is 0 Å². The number of aliphatic hydroxyl groups excluding tert-OH is 1. The van der Waals surface area contributed by atoms with Crippen molar-refractivity contribution in [1.29, 1.82) is 0 Å². The summed E-state index contributed by atoms with van der Waals surface area (Å²) < 4.78 is 0. The van der Waals surface area contributed by atoms with Crippen molar-refractivity contribution in [3.8, 4) is 0 Å². The third-order valence-corrected chi connectivity index (χ3v) is 4.30. The van der Waals surface area contributed by atoms with Gasteiger partial charge in [0.25, 0.3) is 0 Å². The van der Waals surface area contributed by atoms with Gasteiger partial charge in [-0.3, -0.25) is 0 Å². The highest BCUT2D eigenvalue weighted by Crippen LogP contribution is 2.23. The molecule has 2 heteroatoms. The van der Waals surface area contributed by atoms with Crippen LogP contribution in [0.25, 0.3) is 0 Å². The molecule has 1 aliphatic carbocycles. The number of benzene rings is 1. The van der Waals surface area contributed by atoms with Gasteiger partial charge < -0.3 is 10.4 Å². The van der Waals surface area contributed by atoms with Gasteiger partial charge in [-0.2, -0.15) is 0 Å². The van der Waals surface area contributed by atoms with E-state index in [2.05, 4.69) is 43.4 Å². The van der Waals surface area contributed by atoms with Crippen molar-refractivity contribution in [2.24, 2.45) is 5.92 Å². The lowest BCUT2D eigenvalue weighted by Crippen LogP contribution is -2.35. The van der Waals surface area contributed by atoms with E-state index in [4.69, 9.17) is 0 Å². The topological polar surface area (TPSA) is 32.3 Å². The lowest BCUT2D eigenvalue weighted by molar-refractivity contribution is 0.0998. The number of rotatable bonds is 5. The van der Waals surface area contributed by atoms with Gasteiger partial charge in [-0.15, -0.1) is 0 Å². The Hall–Kier alpha value is -0.860. The third-order valence-electron chi connectivity index (χ3n) is 4.30. The fourth-order valence-corrected chi connectivity index (χ4v) is 3.06. The normalized spacial score (nSPS) is 25.2. The maximum Gasteiger partial charge on any atom is 0.0543 e. The van der Waals surface area contributed by atoms with Gasteiger partial charge in [0, 0.05) is 6.04 Å². The van der Waals surface area contributed by atoms with Gasteiger partial charge in [0.05, 0.1) is 6.10 Å². The molecule has 0 amide bonds. The van der Waals surface area contributed by atoms with E-state index in [9.17, 15) is 5.11 Å². The summed E-state index contributed by atoms with van der Waals surface area (Å²) in [7, 11) is 0. The number of aryl methyl sites for hydroxylation is 1. The predicted octanol–water partition coefficient (Wildman–Crippen LogP) is 3.07. The summed E-state index contributed by atoms with van der Waals surface area (Å²) in [4.78, 5) is 0. The molecule has 2 nitrogen and oxygen atoms in total. The lowest BCUT2D eigenvalue weighted by atomic mass is 9.87. The van der Waals surface area contributed by atoms with E-state index in [1.807, 2.05) is 0 Å². The van der Waals surface area contributed by atoms with Crippen LogP contribution < -0.4 is 5.32 Å². The summed E-state index contributed by atoms with van der Waals surface area (Å²) in [6.45, 7) is 5.48. The Labute approximate surface area is 117 Å². The smallest absolute Gasteiger partial charge is 0.0543 e. The molecule has 1 fully saturated rings. The van der Waals surface area contributed by atoms with Crippen molar-refractivity contribution >= 4 is 0 Å². The highest BCUT2D eigenvalue weighted by atomic mass is 16.3. The monoisotopic (exact) mass is 261 g/mol. The Bertz CT molecular complexity index is 391. The van der Waals surface area contributed by atoms with E-state index in [1.54, 1.807) is 0 Å². The van der Waals surface area contributed by atoms with Crippen LogP contribution in [0, 0.1) is 12.8 Å². The van der Waals surface area contributed by atoms with Gasteiger partial charge in [-0.1, -0.05) is 30.7 Å². The Kier molecular flexibility index (Phi) is 5.41. The molecular weight excluding hydrogens is 234 g/mol. The number of aliphatic hydroxyl groups is 1. The molecule has 0 aromatic heterocycles.